The summed E-state index contributed by atoms with van der Waals surface area (Å²) in [4.78, 5) is 0. The van der Waals surface area contributed by atoms with E-state index in [0.717, 1.165) is 34.9 Å². The zero-order chi connectivity index (χ0) is 20.1. The molecule has 0 aliphatic carbocycles. The number of ether oxygens (including phenoxy) is 2. The molecule has 0 spiro atoms. The van der Waals surface area contributed by atoms with Crippen LogP contribution in [0.5, 0.6) is 11.5 Å². The Hall–Kier alpha value is -3.53. The first-order valence-corrected chi connectivity index (χ1v) is 9.64. The second kappa shape index (κ2) is 8.65. The van der Waals surface area contributed by atoms with E-state index in [2.05, 4.69) is 41.4 Å². The van der Waals surface area contributed by atoms with Crippen LogP contribution in [0.1, 0.15) is 23.6 Å². The van der Waals surface area contributed by atoms with Gasteiger partial charge in [0.15, 0.2) is 0 Å². The van der Waals surface area contributed by atoms with Crippen molar-refractivity contribution in [3.8, 4) is 11.5 Å². The molecule has 146 valence electrons. The van der Waals surface area contributed by atoms with E-state index in [4.69, 9.17) is 14.6 Å². The summed E-state index contributed by atoms with van der Waals surface area (Å²) in [6.45, 7) is 0. The maximum Gasteiger partial charge on any atom is 0.118 e. The first-order valence-electron chi connectivity index (χ1n) is 9.64. The summed E-state index contributed by atoms with van der Waals surface area (Å²) >= 11 is 0. The molecule has 0 amide bonds. The van der Waals surface area contributed by atoms with Crippen molar-refractivity contribution < 1.29 is 9.47 Å². The third-order valence-electron chi connectivity index (χ3n) is 5.04. The quantitative estimate of drug-likeness (QED) is 0.545. The van der Waals surface area contributed by atoms with E-state index in [-0.39, 0.29) is 6.04 Å². The Kier molecular flexibility index (Phi) is 5.61. The lowest BCUT2D eigenvalue weighted by Crippen LogP contribution is -2.18. The Labute approximate surface area is 171 Å². The van der Waals surface area contributed by atoms with Gasteiger partial charge in [-0.25, -0.2) is 0 Å². The summed E-state index contributed by atoms with van der Waals surface area (Å²) in [6, 6.07) is 26.7. The third-order valence-corrected chi connectivity index (χ3v) is 5.04. The minimum atomic E-state index is 0.152. The molecule has 29 heavy (non-hydrogen) atoms. The molecule has 0 saturated heterocycles. The minimum absolute atomic E-state index is 0.152. The van der Waals surface area contributed by atoms with E-state index < -0.39 is 0 Å². The first-order chi connectivity index (χ1) is 14.3. The van der Waals surface area contributed by atoms with E-state index >= 15 is 0 Å². The molecule has 0 saturated carbocycles. The predicted molar refractivity (Wildman–Crippen MR) is 119 cm³/mol. The van der Waals surface area contributed by atoms with Crippen molar-refractivity contribution in [1.29, 1.82) is 0 Å². The van der Waals surface area contributed by atoms with E-state index in [0.29, 0.717) is 0 Å². The lowest BCUT2D eigenvalue weighted by molar-refractivity contribution is 0.414. The zero-order valence-corrected chi connectivity index (χ0v) is 16.7. The van der Waals surface area contributed by atoms with Crippen LogP contribution >= 0.6 is 0 Å². The largest absolute Gasteiger partial charge is 0.497 e. The highest BCUT2D eigenvalue weighted by molar-refractivity contribution is 6.01. The van der Waals surface area contributed by atoms with Crippen molar-refractivity contribution in [3.05, 3.63) is 96.1 Å². The number of hydrazone groups is 1. The Morgan fingerprint density at radius 2 is 1.41 bits per heavy atom. The smallest absolute Gasteiger partial charge is 0.118 e. The average molecular weight is 384 g/mol. The second-order valence-corrected chi connectivity index (χ2v) is 6.87. The van der Waals surface area contributed by atoms with Crippen molar-refractivity contribution in [2.75, 3.05) is 19.2 Å². The maximum atomic E-state index is 5.31. The van der Waals surface area contributed by atoms with Crippen molar-refractivity contribution in [1.82, 2.24) is 0 Å². The van der Waals surface area contributed by atoms with Crippen molar-refractivity contribution in [3.63, 3.8) is 0 Å². The Morgan fingerprint density at radius 1 is 0.793 bits per heavy atom. The predicted octanol–water partition coefficient (Wildman–Crippen LogP) is 5.72. The summed E-state index contributed by atoms with van der Waals surface area (Å²) in [5.74, 6) is 1.72. The van der Waals surface area contributed by atoms with Crippen LogP contribution in [0, 0.1) is 0 Å². The molecule has 1 aliphatic heterocycles. The van der Waals surface area contributed by atoms with Crippen LogP contribution in [-0.4, -0.2) is 19.9 Å². The van der Waals surface area contributed by atoms with Gasteiger partial charge >= 0.3 is 0 Å². The molecule has 3 aromatic carbocycles. The van der Waals surface area contributed by atoms with Crippen LogP contribution in [0.3, 0.4) is 0 Å². The zero-order valence-electron chi connectivity index (χ0n) is 16.7. The molecule has 0 N–H and O–H groups in total. The van der Waals surface area contributed by atoms with Gasteiger partial charge in [-0.3, -0.25) is 5.01 Å². The molecular weight excluding hydrogens is 360 g/mol. The molecule has 0 aromatic heterocycles. The van der Waals surface area contributed by atoms with Crippen LogP contribution in [0.15, 0.2) is 90.0 Å². The highest BCUT2D eigenvalue weighted by atomic mass is 16.5. The monoisotopic (exact) mass is 384 g/mol. The van der Waals surface area contributed by atoms with Gasteiger partial charge in [0.1, 0.15) is 11.5 Å². The van der Waals surface area contributed by atoms with Crippen LogP contribution < -0.4 is 14.5 Å². The van der Waals surface area contributed by atoms with E-state index in [1.54, 1.807) is 14.2 Å². The number of para-hydroxylation sites is 1. The average Bonchev–Trinajstić information content (AvgIpc) is 3.23. The molecule has 1 aliphatic rings. The number of nitrogens with zero attached hydrogens (tertiary/aromatic N) is 2. The number of hydrogen-bond acceptors (Lipinski definition) is 4. The van der Waals surface area contributed by atoms with Gasteiger partial charge in [0, 0.05) is 6.42 Å². The second-order valence-electron chi connectivity index (χ2n) is 6.87. The van der Waals surface area contributed by atoms with Crippen LogP contribution in [0.25, 0.3) is 6.08 Å². The summed E-state index contributed by atoms with van der Waals surface area (Å²) in [7, 11) is 3.36. The van der Waals surface area contributed by atoms with Gasteiger partial charge in [-0.15, -0.1) is 0 Å². The SMILES string of the molecule is COc1ccc(/C=C\C2=NN(c3ccccc3)[C@@H](c3ccc(OC)cc3)C2)cc1. The Bertz CT molecular complexity index is 993. The molecule has 4 heteroatoms. The minimum Gasteiger partial charge on any atom is -0.497 e. The van der Waals surface area contributed by atoms with Gasteiger partial charge in [-0.1, -0.05) is 48.5 Å². The molecule has 0 radical (unpaired) electrons. The van der Waals surface area contributed by atoms with Gasteiger partial charge in [0.2, 0.25) is 0 Å². The highest BCUT2D eigenvalue weighted by Crippen LogP contribution is 2.36. The summed E-state index contributed by atoms with van der Waals surface area (Å²) < 4.78 is 10.5. The van der Waals surface area contributed by atoms with Crippen molar-refractivity contribution in [2.45, 2.75) is 12.5 Å². The normalized spacial score (nSPS) is 16.1. The number of hydrogen-bond donors (Lipinski definition) is 0. The van der Waals surface area contributed by atoms with Gasteiger partial charge in [-0.2, -0.15) is 5.10 Å². The third kappa shape index (κ3) is 4.32. The lowest BCUT2D eigenvalue weighted by atomic mass is 10.0. The molecule has 0 unspecified atom stereocenters. The van der Waals surface area contributed by atoms with E-state index in [1.807, 2.05) is 54.6 Å². The van der Waals surface area contributed by atoms with Crippen LogP contribution in [0.4, 0.5) is 5.69 Å². The standard InChI is InChI=1S/C25H24N2O2/c1-28-23-14-9-19(10-15-23)8-13-21-18-25(20-11-16-24(29-2)17-12-20)27(26-21)22-6-4-3-5-7-22/h3-17,25H,18H2,1-2H3/b13-8-/t25-/m1/s1. The summed E-state index contributed by atoms with van der Waals surface area (Å²) in [6.07, 6.45) is 5.03. The Balaban J connectivity index is 1.60. The fourth-order valence-corrected chi connectivity index (χ4v) is 3.45. The van der Waals surface area contributed by atoms with Gasteiger partial charge in [-0.05, 0) is 53.6 Å². The number of allylic oxidation sites excluding steroid dienone is 1. The fraction of sp³-hybridized carbons (Fsp3) is 0.160. The first kappa shape index (κ1) is 18.8. The molecule has 3 aromatic rings. The lowest BCUT2D eigenvalue weighted by Gasteiger charge is -2.24. The van der Waals surface area contributed by atoms with E-state index in [9.17, 15) is 0 Å². The molecule has 4 nitrogen and oxygen atoms in total. The molecule has 0 bridgehead atoms. The number of benzene rings is 3. The molecular formula is C25H24N2O2. The fourth-order valence-electron chi connectivity index (χ4n) is 3.45. The van der Waals surface area contributed by atoms with Crippen LogP contribution in [-0.2, 0) is 0 Å². The van der Waals surface area contributed by atoms with Gasteiger partial charge < -0.3 is 9.47 Å². The summed E-state index contributed by atoms with van der Waals surface area (Å²) in [5.41, 5.74) is 4.46. The van der Waals surface area contributed by atoms with Crippen molar-refractivity contribution in [2.24, 2.45) is 5.10 Å². The van der Waals surface area contributed by atoms with Crippen LogP contribution in [0.2, 0.25) is 0 Å². The number of rotatable bonds is 6. The Morgan fingerprint density at radius 3 is 2.03 bits per heavy atom. The molecule has 1 atom stereocenters. The maximum absolute atomic E-state index is 5.31. The molecule has 4 rings (SSSR count). The van der Waals surface area contributed by atoms with Crippen molar-refractivity contribution >= 4 is 17.5 Å². The number of anilines is 1. The topological polar surface area (TPSA) is 34.1 Å². The molecule has 1 heterocycles. The molecule has 0 fully saturated rings. The van der Waals surface area contributed by atoms with E-state index in [1.165, 1.54) is 5.56 Å². The summed E-state index contributed by atoms with van der Waals surface area (Å²) in [5, 5.41) is 7.02. The van der Waals surface area contributed by atoms with Gasteiger partial charge in [0.05, 0.1) is 31.7 Å². The number of methoxy groups -OCH3 is 2. The highest BCUT2D eigenvalue weighted by Gasteiger charge is 2.28. The van der Waals surface area contributed by atoms with Gasteiger partial charge in [0.25, 0.3) is 0 Å².